The van der Waals surface area contributed by atoms with Crippen molar-refractivity contribution >= 4 is 27.2 Å². The van der Waals surface area contributed by atoms with Gasteiger partial charge in [-0.15, -0.1) is 11.3 Å². The Hall–Kier alpha value is -1.19. The number of ketones is 1. The molecule has 1 aliphatic heterocycles. The summed E-state index contributed by atoms with van der Waals surface area (Å²) in [4.78, 5) is 12.3. The zero-order valence-corrected chi connectivity index (χ0v) is 9.63. The second-order valence-corrected chi connectivity index (χ2v) is 4.99. The first-order valence-electron chi connectivity index (χ1n) is 5.44. The fraction of sp³-hybridized carbons (Fsp3) is 0.308. The van der Waals surface area contributed by atoms with Gasteiger partial charge < -0.3 is 4.74 Å². The summed E-state index contributed by atoms with van der Waals surface area (Å²) >= 11 is 1.64. The molecule has 82 valence electrons. The van der Waals surface area contributed by atoms with Crippen LogP contribution in [0, 0.1) is 5.92 Å². The average Bonchev–Trinajstić information content (AvgIpc) is 2.98. The van der Waals surface area contributed by atoms with Gasteiger partial charge in [-0.1, -0.05) is 12.1 Å². The zero-order valence-electron chi connectivity index (χ0n) is 8.81. The highest BCUT2D eigenvalue weighted by molar-refractivity contribution is 7.17. The van der Waals surface area contributed by atoms with Crippen molar-refractivity contribution in [1.82, 2.24) is 0 Å². The molecule has 0 spiro atoms. The molecule has 3 heteroatoms. The molecule has 1 fully saturated rings. The molecule has 0 N–H and O–H groups in total. The number of hydrogen-bond acceptors (Lipinski definition) is 3. The van der Waals surface area contributed by atoms with Gasteiger partial charge in [0, 0.05) is 22.8 Å². The molecule has 16 heavy (non-hydrogen) atoms. The van der Waals surface area contributed by atoms with Crippen molar-refractivity contribution in [2.75, 3.05) is 13.2 Å². The van der Waals surface area contributed by atoms with Crippen LogP contribution in [0.3, 0.4) is 0 Å². The number of fused-ring (bicyclic) bond motifs is 1. The van der Waals surface area contributed by atoms with Gasteiger partial charge in [0.15, 0.2) is 5.78 Å². The Kier molecular flexibility index (Phi) is 2.50. The van der Waals surface area contributed by atoms with Gasteiger partial charge in [-0.05, 0) is 29.3 Å². The Morgan fingerprint density at radius 2 is 2.31 bits per heavy atom. The van der Waals surface area contributed by atoms with Gasteiger partial charge in [-0.3, -0.25) is 4.79 Å². The largest absolute Gasteiger partial charge is 0.381 e. The minimum atomic E-state index is 0.0627. The molecule has 2 aromatic rings. The molecule has 0 saturated carbocycles. The smallest absolute Gasteiger partial charge is 0.169 e. The van der Waals surface area contributed by atoms with Crippen LogP contribution < -0.4 is 0 Å². The topological polar surface area (TPSA) is 26.3 Å². The third-order valence-electron chi connectivity index (χ3n) is 3.04. The van der Waals surface area contributed by atoms with E-state index in [1.165, 1.54) is 0 Å². The summed E-state index contributed by atoms with van der Waals surface area (Å²) in [5.74, 6) is 0.304. The highest BCUT2D eigenvalue weighted by atomic mass is 32.1. The van der Waals surface area contributed by atoms with Crippen molar-refractivity contribution in [3.05, 3.63) is 35.2 Å². The molecule has 1 aliphatic rings. The summed E-state index contributed by atoms with van der Waals surface area (Å²) in [6.07, 6.45) is 0.862. The lowest BCUT2D eigenvalue weighted by Crippen LogP contribution is -2.14. The lowest BCUT2D eigenvalue weighted by molar-refractivity contribution is 0.0902. The quantitative estimate of drug-likeness (QED) is 0.744. The van der Waals surface area contributed by atoms with E-state index in [1.807, 2.05) is 23.6 Å². The van der Waals surface area contributed by atoms with E-state index in [1.54, 1.807) is 11.3 Å². The number of Topliss-reactive ketones (excluding diaryl/α,β-unsaturated/α-hetero) is 1. The van der Waals surface area contributed by atoms with Gasteiger partial charge in [0.1, 0.15) is 0 Å². The van der Waals surface area contributed by atoms with Crippen LogP contribution in [-0.2, 0) is 4.74 Å². The fourth-order valence-corrected chi connectivity index (χ4v) is 3.07. The first kappa shape index (κ1) is 10.00. The second-order valence-electron chi connectivity index (χ2n) is 4.07. The average molecular weight is 232 g/mol. The molecule has 2 nitrogen and oxygen atoms in total. The highest BCUT2D eigenvalue weighted by Crippen LogP contribution is 2.28. The van der Waals surface area contributed by atoms with Crippen LogP contribution in [0.5, 0.6) is 0 Å². The molecule has 0 bridgehead atoms. The van der Waals surface area contributed by atoms with Crippen LogP contribution in [0.2, 0.25) is 0 Å². The summed E-state index contributed by atoms with van der Waals surface area (Å²) in [6.45, 7) is 1.30. The van der Waals surface area contributed by atoms with Gasteiger partial charge in [0.05, 0.1) is 6.61 Å². The molecule has 0 aliphatic carbocycles. The standard InChI is InChI=1S/C13H12O2S/c14-12(10-4-6-15-8-10)11-3-1-2-9-5-7-16-13(9)11/h1-3,5,7,10H,4,6,8H2. The van der Waals surface area contributed by atoms with Gasteiger partial charge in [-0.2, -0.15) is 0 Å². The number of benzene rings is 1. The Bertz CT molecular complexity index is 523. The van der Waals surface area contributed by atoms with Gasteiger partial charge in [0.2, 0.25) is 0 Å². The highest BCUT2D eigenvalue weighted by Gasteiger charge is 2.25. The summed E-state index contributed by atoms with van der Waals surface area (Å²) in [7, 11) is 0. The Morgan fingerprint density at radius 3 is 3.12 bits per heavy atom. The van der Waals surface area contributed by atoms with Crippen molar-refractivity contribution in [2.24, 2.45) is 5.92 Å². The van der Waals surface area contributed by atoms with Gasteiger partial charge in [-0.25, -0.2) is 0 Å². The molecular weight excluding hydrogens is 220 g/mol. The molecule has 0 radical (unpaired) electrons. The lowest BCUT2D eigenvalue weighted by atomic mass is 9.96. The fourth-order valence-electron chi connectivity index (χ4n) is 2.15. The molecule has 1 unspecified atom stereocenters. The maximum absolute atomic E-state index is 12.3. The normalized spacial score (nSPS) is 20.4. The molecule has 1 aromatic carbocycles. The Balaban J connectivity index is 2.04. The number of hydrogen-bond donors (Lipinski definition) is 0. The summed E-state index contributed by atoms with van der Waals surface area (Å²) in [5.41, 5.74) is 0.864. The minimum Gasteiger partial charge on any atom is -0.381 e. The van der Waals surface area contributed by atoms with Crippen LogP contribution in [0.25, 0.3) is 10.1 Å². The predicted molar refractivity (Wildman–Crippen MR) is 65.1 cm³/mol. The van der Waals surface area contributed by atoms with Crippen molar-refractivity contribution in [3.8, 4) is 0 Å². The van der Waals surface area contributed by atoms with E-state index < -0.39 is 0 Å². The zero-order chi connectivity index (χ0) is 11.0. The molecule has 2 heterocycles. The van der Waals surface area contributed by atoms with Crippen LogP contribution in [0.15, 0.2) is 29.6 Å². The Morgan fingerprint density at radius 1 is 1.38 bits per heavy atom. The maximum Gasteiger partial charge on any atom is 0.169 e. The van der Waals surface area contributed by atoms with E-state index in [0.717, 1.165) is 28.7 Å². The van der Waals surface area contributed by atoms with Crippen LogP contribution in [0.1, 0.15) is 16.8 Å². The predicted octanol–water partition coefficient (Wildman–Crippen LogP) is 3.12. The van der Waals surface area contributed by atoms with Crippen molar-refractivity contribution in [3.63, 3.8) is 0 Å². The van der Waals surface area contributed by atoms with E-state index in [-0.39, 0.29) is 11.7 Å². The summed E-state index contributed by atoms with van der Waals surface area (Å²) in [6, 6.07) is 7.99. The number of thiophene rings is 1. The summed E-state index contributed by atoms with van der Waals surface area (Å²) in [5, 5.41) is 3.20. The van der Waals surface area contributed by atoms with E-state index in [2.05, 4.69) is 6.07 Å². The first-order valence-corrected chi connectivity index (χ1v) is 6.32. The van der Waals surface area contributed by atoms with E-state index >= 15 is 0 Å². The SMILES string of the molecule is O=C(c1cccc2ccsc12)C1CCOC1. The summed E-state index contributed by atoms with van der Waals surface area (Å²) < 4.78 is 6.39. The first-order chi connectivity index (χ1) is 7.86. The molecule has 1 atom stereocenters. The third-order valence-corrected chi connectivity index (χ3v) is 4.01. The minimum absolute atomic E-state index is 0.0627. The molecule has 0 amide bonds. The van der Waals surface area contributed by atoms with Crippen molar-refractivity contribution < 1.29 is 9.53 Å². The number of carbonyl (C=O) groups is 1. The van der Waals surface area contributed by atoms with E-state index in [4.69, 9.17) is 4.74 Å². The molecule has 3 rings (SSSR count). The third kappa shape index (κ3) is 1.56. The molecule has 1 aromatic heterocycles. The lowest BCUT2D eigenvalue weighted by Gasteiger charge is -2.07. The molecule has 1 saturated heterocycles. The van der Waals surface area contributed by atoms with Gasteiger partial charge >= 0.3 is 0 Å². The van der Waals surface area contributed by atoms with Gasteiger partial charge in [0.25, 0.3) is 0 Å². The van der Waals surface area contributed by atoms with Crippen LogP contribution in [0.4, 0.5) is 0 Å². The van der Waals surface area contributed by atoms with E-state index in [9.17, 15) is 4.79 Å². The molecular formula is C13H12O2S. The number of ether oxygens (including phenoxy) is 1. The van der Waals surface area contributed by atoms with Crippen LogP contribution >= 0.6 is 11.3 Å². The maximum atomic E-state index is 12.3. The van der Waals surface area contributed by atoms with Crippen molar-refractivity contribution in [2.45, 2.75) is 6.42 Å². The van der Waals surface area contributed by atoms with Crippen molar-refractivity contribution in [1.29, 1.82) is 0 Å². The van der Waals surface area contributed by atoms with Crippen LogP contribution in [-0.4, -0.2) is 19.0 Å². The Labute approximate surface area is 97.8 Å². The van der Waals surface area contributed by atoms with E-state index in [0.29, 0.717) is 6.61 Å². The number of carbonyl (C=O) groups excluding carboxylic acids is 1. The number of rotatable bonds is 2. The second kappa shape index (κ2) is 4.00. The monoisotopic (exact) mass is 232 g/mol.